The monoisotopic (exact) mass is 269 g/mol. The number of nitrogens with two attached hydrogens (primary N) is 1. The van der Waals surface area contributed by atoms with Gasteiger partial charge in [0, 0.05) is 24.8 Å². The molecule has 3 rings (SSSR count). The Labute approximate surface area is 110 Å². The molecule has 19 heavy (non-hydrogen) atoms. The Morgan fingerprint density at radius 3 is 2.42 bits per heavy atom. The summed E-state index contributed by atoms with van der Waals surface area (Å²) < 4.78 is 37.3. The predicted octanol–water partition coefficient (Wildman–Crippen LogP) is 2.82. The van der Waals surface area contributed by atoms with Crippen LogP contribution in [-0.2, 0) is 5.41 Å². The van der Waals surface area contributed by atoms with Crippen molar-refractivity contribution >= 4 is 0 Å². The van der Waals surface area contributed by atoms with Crippen molar-refractivity contribution in [3.05, 3.63) is 23.8 Å². The van der Waals surface area contributed by atoms with Crippen molar-refractivity contribution in [2.24, 2.45) is 5.73 Å². The number of benzene rings is 1. The van der Waals surface area contributed by atoms with E-state index in [4.69, 9.17) is 15.2 Å². The molecule has 1 aliphatic heterocycles. The second kappa shape index (κ2) is 4.34. The topological polar surface area (TPSA) is 44.5 Å². The molecule has 1 heterocycles. The summed E-state index contributed by atoms with van der Waals surface area (Å²) in [4.78, 5) is 0. The second-order valence-electron chi connectivity index (χ2n) is 5.41. The van der Waals surface area contributed by atoms with Gasteiger partial charge in [0.05, 0.1) is 0 Å². The quantitative estimate of drug-likeness (QED) is 0.898. The van der Waals surface area contributed by atoms with Gasteiger partial charge in [-0.1, -0.05) is 6.07 Å². The van der Waals surface area contributed by atoms with E-state index in [9.17, 15) is 8.78 Å². The van der Waals surface area contributed by atoms with Gasteiger partial charge in [0.25, 0.3) is 0 Å². The number of hydrogen-bond donors (Lipinski definition) is 1. The number of alkyl halides is 2. The smallest absolute Gasteiger partial charge is 0.248 e. The van der Waals surface area contributed by atoms with Crippen LogP contribution in [0.2, 0.25) is 0 Å². The van der Waals surface area contributed by atoms with Crippen molar-refractivity contribution in [2.45, 2.75) is 37.0 Å². The van der Waals surface area contributed by atoms with Crippen LogP contribution in [0.25, 0.3) is 0 Å². The van der Waals surface area contributed by atoms with Gasteiger partial charge in [0.2, 0.25) is 12.7 Å². The molecule has 1 aliphatic carbocycles. The van der Waals surface area contributed by atoms with E-state index in [1.54, 1.807) is 0 Å². The molecular formula is C14H17F2NO2. The van der Waals surface area contributed by atoms with Gasteiger partial charge in [-0.25, -0.2) is 8.78 Å². The van der Waals surface area contributed by atoms with E-state index in [-0.39, 0.29) is 25.0 Å². The first-order valence-corrected chi connectivity index (χ1v) is 6.53. The maximum Gasteiger partial charge on any atom is 0.248 e. The van der Waals surface area contributed by atoms with Crippen molar-refractivity contribution in [2.75, 3.05) is 13.3 Å². The lowest BCUT2D eigenvalue weighted by atomic mass is 9.68. The van der Waals surface area contributed by atoms with E-state index in [2.05, 4.69) is 0 Å². The van der Waals surface area contributed by atoms with Crippen LogP contribution in [0.15, 0.2) is 18.2 Å². The summed E-state index contributed by atoms with van der Waals surface area (Å²) in [7, 11) is 0. The van der Waals surface area contributed by atoms with Crippen molar-refractivity contribution < 1.29 is 18.3 Å². The van der Waals surface area contributed by atoms with Crippen LogP contribution >= 0.6 is 0 Å². The number of hydrogen-bond acceptors (Lipinski definition) is 3. The molecule has 0 bridgehead atoms. The molecular weight excluding hydrogens is 252 g/mol. The third kappa shape index (κ3) is 2.16. The molecule has 2 aliphatic rings. The zero-order valence-electron chi connectivity index (χ0n) is 10.6. The molecule has 2 N–H and O–H groups in total. The van der Waals surface area contributed by atoms with Crippen molar-refractivity contribution in [3.8, 4) is 11.5 Å². The lowest BCUT2D eigenvalue weighted by molar-refractivity contribution is -0.0509. The summed E-state index contributed by atoms with van der Waals surface area (Å²) >= 11 is 0. The van der Waals surface area contributed by atoms with E-state index >= 15 is 0 Å². The van der Waals surface area contributed by atoms with Crippen LogP contribution < -0.4 is 15.2 Å². The number of ether oxygens (including phenoxy) is 2. The molecule has 1 saturated carbocycles. The molecule has 5 heteroatoms. The molecule has 104 valence electrons. The minimum atomic E-state index is -2.55. The minimum absolute atomic E-state index is 0.0986. The van der Waals surface area contributed by atoms with Crippen molar-refractivity contribution in [1.82, 2.24) is 0 Å². The summed E-state index contributed by atoms with van der Waals surface area (Å²) in [6, 6.07) is 5.64. The van der Waals surface area contributed by atoms with E-state index < -0.39 is 5.92 Å². The lowest BCUT2D eigenvalue weighted by Crippen LogP contribution is -2.42. The van der Waals surface area contributed by atoms with Gasteiger partial charge in [0.15, 0.2) is 11.5 Å². The molecule has 1 aromatic rings. The average molecular weight is 269 g/mol. The van der Waals surface area contributed by atoms with Gasteiger partial charge in [0.1, 0.15) is 0 Å². The van der Waals surface area contributed by atoms with Crippen LogP contribution in [0.3, 0.4) is 0 Å². The van der Waals surface area contributed by atoms with Gasteiger partial charge in [-0.15, -0.1) is 0 Å². The Morgan fingerprint density at radius 2 is 1.74 bits per heavy atom. The van der Waals surface area contributed by atoms with Gasteiger partial charge >= 0.3 is 0 Å². The van der Waals surface area contributed by atoms with Gasteiger partial charge in [-0.05, 0) is 30.5 Å². The molecule has 0 saturated heterocycles. The normalized spacial score (nSPS) is 23.3. The molecule has 3 nitrogen and oxygen atoms in total. The number of rotatable bonds is 2. The Balaban J connectivity index is 1.90. The van der Waals surface area contributed by atoms with E-state index in [0.717, 1.165) is 5.56 Å². The second-order valence-corrected chi connectivity index (χ2v) is 5.41. The molecule has 0 radical (unpaired) electrons. The number of fused-ring (bicyclic) bond motifs is 1. The maximum absolute atomic E-state index is 13.3. The Hall–Kier alpha value is -1.36. The third-order valence-corrected chi connectivity index (χ3v) is 4.31. The molecule has 0 spiro atoms. The highest BCUT2D eigenvalue weighted by Crippen LogP contribution is 2.46. The molecule has 0 aromatic heterocycles. The van der Waals surface area contributed by atoms with Crippen molar-refractivity contribution in [1.29, 1.82) is 0 Å². The lowest BCUT2D eigenvalue weighted by Gasteiger charge is -2.39. The van der Waals surface area contributed by atoms with Crippen LogP contribution in [0.4, 0.5) is 8.78 Å². The number of halogens is 2. The van der Waals surface area contributed by atoms with Crippen LogP contribution in [0.5, 0.6) is 11.5 Å². The fourth-order valence-corrected chi connectivity index (χ4v) is 2.93. The summed E-state index contributed by atoms with van der Waals surface area (Å²) in [5.74, 6) is -1.16. The standard InChI is InChI=1S/C14H17F2NO2/c15-14(16)5-3-13(8-17,4-6-14)10-1-2-11-12(7-10)19-9-18-11/h1-2,7H,3-6,8-9,17H2. The Morgan fingerprint density at radius 1 is 1.05 bits per heavy atom. The van der Waals surface area contributed by atoms with Crippen LogP contribution in [0.1, 0.15) is 31.2 Å². The highest BCUT2D eigenvalue weighted by atomic mass is 19.3. The van der Waals surface area contributed by atoms with Crippen LogP contribution in [-0.4, -0.2) is 19.3 Å². The fraction of sp³-hybridized carbons (Fsp3) is 0.571. The Bertz CT molecular complexity index is 480. The third-order valence-electron chi connectivity index (χ3n) is 4.31. The summed E-state index contributed by atoms with van der Waals surface area (Å²) in [5, 5.41) is 0. The highest BCUT2D eigenvalue weighted by Gasteiger charge is 2.43. The largest absolute Gasteiger partial charge is 0.454 e. The Kier molecular flexibility index (Phi) is 2.89. The van der Waals surface area contributed by atoms with Crippen LogP contribution in [0, 0.1) is 0 Å². The first kappa shape index (κ1) is 12.7. The van der Waals surface area contributed by atoms with Crippen molar-refractivity contribution in [3.63, 3.8) is 0 Å². The fourth-order valence-electron chi connectivity index (χ4n) is 2.93. The molecule has 0 unspecified atom stereocenters. The summed E-state index contributed by atoms with van der Waals surface area (Å²) in [6.45, 7) is 0.592. The molecule has 1 aromatic carbocycles. The first-order valence-electron chi connectivity index (χ1n) is 6.53. The first-order chi connectivity index (χ1) is 9.05. The molecule has 1 fully saturated rings. The summed E-state index contributed by atoms with van der Waals surface area (Å²) in [5.41, 5.74) is 6.51. The zero-order valence-corrected chi connectivity index (χ0v) is 10.6. The van der Waals surface area contributed by atoms with E-state index in [0.29, 0.717) is 30.9 Å². The molecule has 0 amide bonds. The van der Waals surface area contributed by atoms with E-state index in [1.807, 2.05) is 18.2 Å². The summed E-state index contributed by atoms with van der Waals surface area (Å²) in [6.07, 6.45) is 0.629. The maximum atomic E-state index is 13.3. The zero-order chi connectivity index (χ0) is 13.5. The predicted molar refractivity (Wildman–Crippen MR) is 66.7 cm³/mol. The minimum Gasteiger partial charge on any atom is -0.454 e. The van der Waals surface area contributed by atoms with Gasteiger partial charge in [-0.2, -0.15) is 0 Å². The SMILES string of the molecule is NCC1(c2ccc3c(c2)OCO3)CCC(F)(F)CC1. The highest BCUT2D eigenvalue weighted by molar-refractivity contribution is 5.47. The van der Waals surface area contributed by atoms with Gasteiger partial charge < -0.3 is 15.2 Å². The van der Waals surface area contributed by atoms with E-state index in [1.165, 1.54) is 0 Å². The average Bonchev–Trinajstić information content (AvgIpc) is 2.87. The molecule has 0 atom stereocenters. The van der Waals surface area contributed by atoms with Gasteiger partial charge in [-0.3, -0.25) is 0 Å².